The summed E-state index contributed by atoms with van der Waals surface area (Å²) in [6, 6.07) is 21.5. The Labute approximate surface area is 229 Å². The number of hydrogen-bond acceptors (Lipinski definition) is 6. The highest BCUT2D eigenvalue weighted by molar-refractivity contribution is 6.46. The number of aliphatic hydroxyl groups excluding tert-OH is 1. The smallest absolute Gasteiger partial charge is 0.295 e. The van der Waals surface area contributed by atoms with Crippen LogP contribution in [0.4, 0.5) is 0 Å². The van der Waals surface area contributed by atoms with Crippen molar-refractivity contribution in [3.8, 4) is 11.5 Å². The molecule has 1 aliphatic heterocycles. The molecule has 1 aliphatic rings. The Kier molecular flexibility index (Phi) is 9.39. The number of amides is 1. The number of aryl methyl sites for hydroxylation is 1. The first-order valence-electron chi connectivity index (χ1n) is 13.2. The largest absolute Gasteiger partial charge is 0.507 e. The highest BCUT2D eigenvalue weighted by Crippen LogP contribution is 2.39. The van der Waals surface area contributed by atoms with Crippen molar-refractivity contribution in [1.29, 1.82) is 0 Å². The van der Waals surface area contributed by atoms with Crippen LogP contribution in [0.15, 0.2) is 78.4 Å². The van der Waals surface area contributed by atoms with E-state index in [1.807, 2.05) is 55.5 Å². The van der Waals surface area contributed by atoms with Crippen molar-refractivity contribution in [1.82, 2.24) is 4.90 Å². The second kappa shape index (κ2) is 13.1. The molecule has 0 saturated carbocycles. The first-order chi connectivity index (χ1) is 18.9. The minimum atomic E-state index is -0.748. The molecule has 1 saturated heterocycles. The van der Waals surface area contributed by atoms with Crippen molar-refractivity contribution in [2.75, 3.05) is 26.9 Å². The number of carbonyl (C=O) groups is 2. The van der Waals surface area contributed by atoms with E-state index in [0.29, 0.717) is 35.8 Å². The number of ketones is 1. The highest BCUT2D eigenvalue weighted by atomic mass is 16.5. The molecule has 39 heavy (non-hydrogen) atoms. The zero-order valence-electron chi connectivity index (χ0n) is 22.7. The normalized spacial score (nSPS) is 16.5. The van der Waals surface area contributed by atoms with Gasteiger partial charge in [-0.3, -0.25) is 9.59 Å². The summed E-state index contributed by atoms with van der Waals surface area (Å²) in [4.78, 5) is 27.6. The van der Waals surface area contributed by atoms with E-state index in [4.69, 9.17) is 14.2 Å². The second-order valence-corrected chi connectivity index (χ2v) is 9.55. The lowest BCUT2D eigenvalue weighted by Crippen LogP contribution is -2.32. The Morgan fingerprint density at radius 3 is 2.15 bits per heavy atom. The van der Waals surface area contributed by atoms with Gasteiger partial charge in [0.05, 0.1) is 24.8 Å². The number of likely N-dealkylation sites (tertiary alicyclic amines) is 1. The maximum absolute atomic E-state index is 13.2. The van der Waals surface area contributed by atoms with Gasteiger partial charge in [0.1, 0.15) is 23.9 Å². The van der Waals surface area contributed by atoms with Crippen LogP contribution in [0, 0.1) is 6.92 Å². The summed E-state index contributed by atoms with van der Waals surface area (Å²) in [5, 5.41) is 11.3. The third kappa shape index (κ3) is 6.67. The Hall–Kier alpha value is -4.10. The summed E-state index contributed by atoms with van der Waals surface area (Å²) in [6.45, 7) is 5.63. The van der Waals surface area contributed by atoms with E-state index in [-0.39, 0.29) is 24.5 Å². The van der Waals surface area contributed by atoms with E-state index in [1.54, 1.807) is 24.3 Å². The predicted octanol–water partition coefficient (Wildman–Crippen LogP) is 5.82. The Morgan fingerprint density at radius 2 is 1.51 bits per heavy atom. The monoisotopic (exact) mass is 529 g/mol. The number of unbranched alkanes of at least 4 members (excludes halogenated alkanes) is 1. The number of benzene rings is 3. The molecule has 1 amide bonds. The van der Waals surface area contributed by atoms with Crippen LogP contribution >= 0.6 is 0 Å². The van der Waals surface area contributed by atoms with E-state index in [2.05, 4.69) is 6.92 Å². The minimum absolute atomic E-state index is 0.0454. The topological polar surface area (TPSA) is 85.3 Å². The van der Waals surface area contributed by atoms with E-state index < -0.39 is 17.7 Å². The van der Waals surface area contributed by atoms with Crippen LogP contribution in [0.3, 0.4) is 0 Å². The first kappa shape index (κ1) is 27.9. The fourth-order valence-corrected chi connectivity index (χ4v) is 4.44. The van der Waals surface area contributed by atoms with Crippen LogP contribution in [0.1, 0.15) is 48.1 Å². The average Bonchev–Trinajstić information content (AvgIpc) is 3.21. The number of carbonyl (C=O) groups excluding carboxylic acids is 2. The molecule has 0 spiro atoms. The maximum atomic E-state index is 13.2. The Morgan fingerprint density at radius 1 is 0.872 bits per heavy atom. The molecule has 0 radical (unpaired) electrons. The van der Waals surface area contributed by atoms with E-state index in [9.17, 15) is 14.7 Å². The number of rotatable bonds is 12. The Balaban J connectivity index is 1.60. The van der Waals surface area contributed by atoms with Crippen molar-refractivity contribution in [3.05, 3.63) is 101 Å². The number of hydrogen-bond donors (Lipinski definition) is 1. The van der Waals surface area contributed by atoms with Gasteiger partial charge in [-0.05, 0) is 60.9 Å². The minimum Gasteiger partial charge on any atom is -0.507 e. The van der Waals surface area contributed by atoms with E-state index in [0.717, 1.165) is 18.4 Å². The fraction of sp³-hybridized carbons (Fsp3) is 0.312. The molecule has 1 heterocycles. The first-order valence-corrected chi connectivity index (χ1v) is 13.2. The van der Waals surface area contributed by atoms with E-state index >= 15 is 0 Å². The molecule has 1 N–H and O–H groups in total. The molecule has 1 unspecified atom stereocenters. The SMILES string of the molecule is CCCCOc1ccc(C2/C(=C(\O)c3ccc(OCc4ccc(C)cc4)cc3)C(=O)C(=O)N2CCOC)cc1. The summed E-state index contributed by atoms with van der Waals surface area (Å²) in [5.41, 5.74) is 3.40. The van der Waals surface area contributed by atoms with Gasteiger partial charge >= 0.3 is 0 Å². The molecule has 0 bridgehead atoms. The van der Waals surface area contributed by atoms with Crippen molar-refractivity contribution in [2.45, 2.75) is 39.3 Å². The van der Waals surface area contributed by atoms with Gasteiger partial charge in [-0.15, -0.1) is 0 Å². The van der Waals surface area contributed by atoms with Gasteiger partial charge in [0.2, 0.25) is 0 Å². The molecule has 7 nitrogen and oxygen atoms in total. The zero-order valence-corrected chi connectivity index (χ0v) is 22.7. The lowest BCUT2D eigenvalue weighted by atomic mass is 9.95. The van der Waals surface area contributed by atoms with Gasteiger partial charge in [0, 0.05) is 19.2 Å². The molecule has 1 atom stereocenters. The van der Waals surface area contributed by atoms with Crippen molar-refractivity contribution < 1.29 is 28.9 Å². The third-order valence-electron chi connectivity index (χ3n) is 6.69. The maximum Gasteiger partial charge on any atom is 0.295 e. The van der Waals surface area contributed by atoms with Crippen molar-refractivity contribution >= 4 is 17.4 Å². The lowest BCUT2D eigenvalue weighted by Gasteiger charge is -2.25. The van der Waals surface area contributed by atoms with Crippen LogP contribution in [-0.4, -0.2) is 48.6 Å². The summed E-state index contributed by atoms with van der Waals surface area (Å²) in [6.07, 6.45) is 1.99. The van der Waals surface area contributed by atoms with E-state index in [1.165, 1.54) is 17.6 Å². The molecule has 204 valence electrons. The molecule has 3 aromatic carbocycles. The molecule has 0 aromatic heterocycles. The van der Waals surface area contributed by atoms with Crippen molar-refractivity contribution in [2.24, 2.45) is 0 Å². The Bertz CT molecular complexity index is 1300. The standard InChI is InChI=1S/C32H35NO6/c1-4-5-19-38-26-14-10-24(11-15-26)29-28(31(35)32(36)33(29)18-20-37-3)30(34)25-12-16-27(17-13-25)39-21-23-8-6-22(2)7-9-23/h6-17,29,34H,4-5,18-21H2,1-3H3/b30-28+. The van der Waals surface area contributed by atoms with Crippen LogP contribution in [-0.2, 0) is 20.9 Å². The summed E-state index contributed by atoms with van der Waals surface area (Å²) < 4.78 is 16.8. The molecule has 4 rings (SSSR count). The average molecular weight is 530 g/mol. The van der Waals surface area contributed by atoms with Crippen LogP contribution < -0.4 is 9.47 Å². The van der Waals surface area contributed by atoms with Gasteiger partial charge in [0.15, 0.2) is 0 Å². The fourth-order valence-electron chi connectivity index (χ4n) is 4.44. The second-order valence-electron chi connectivity index (χ2n) is 9.55. The van der Waals surface area contributed by atoms with Gasteiger partial charge in [-0.2, -0.15) is 0 Å². The van der Waals surface area contributed by atoms with Gasteiger partial charge < -0.3 is 24.2 Å². The van der Waals surface area contributed by atoms with Gasteiger partial charge in [-0.25, -0.2) is 0 Å². The molecular weight excluding hydrogens is 494 g/mol. The summed E-state index contributed by atoms with van der Waals surface area (Å²) in [5.74, 6) is -0.284. The molecule has 3 aromatic rings. The quantitative estimate of drug-likeness (QED) is 0.138. The number of ether oxygens (including phenoxy) is 3. The van der Waals surface area contributed by atoms with Crippen LogP contribution in [0.2, 0.25) is 0 Å². The summed E-state index contributed by atoms with van der Waals surface area (Å²) >= 11 is 0. The third-order valence-corrected chi connectivity index (χ3v) is 6.69. The van der Waals surface area contributed by atoms with Gasteiger partial charge in [0.25, 0.3) is 11.7 Å². The summed E-state index contributed by atoms with van der Waals surface area (Å²) in [7, 11) is 1.54. The number of Topliss-reactive ketones (excluding diaryl/α,β-unsaturated/α-hetero) is 1. The number of nitrogens with zero attached hydrogens (tertiary/aromatic N) is 1. The highest BCUT2D eigenvalue weighted by Gasteiger charge is 2.45. The number of aliphatic hydroxyl groups is 1. The van der Waals surface area contributed by atoms with Gasteiger partial charge in [-0.1, -0.05) is 55.3 Å². The molecule has 0 aliphatic carbocycles. The molecule has 1 fully saturated rings. The zero-order chi connectivity index (χ0) is 27.8. The van der Waals surface area contributed by atoms with Crippen LogP contribution in [0.5, 0.6) is 11.5 Å². The molecule has 7 heteroatoms. The molecular formula is C32H35NO6. The lowest BCUT2D eigenvalue weighted by molar-refractivity contribution is -0.140. The van der Waals surface area contributed by atoms with Crippen molar-refractivity contribution in [3.63, 3.8) is 0 Å². The van der Waals surface area contributed by atoms with Crippen LogP contribution in [0.25, 0.3) is 5.76 Å². The predicted molar refractivity (Wildman–Crippen MR) is 150 cm³/mol. The number of methoxy groups -OCH3 is 1.